The van der Waals surface area contributed by atoms with Gasteiger partial charge in [-0.3, -0.25) is 0 Å². The number of rotatable bonds is 1. The van der Waals surface area contributed by atoms with E-state index in [4.69, 9.17) is 0 Å². The van der Waals surface area contributed by atoms with E-state index in [2.05, 4.69) is 11.1 Å². The third-order valence-electron chi connectivity index (χ3n) is 3.31. The van der Waals surface area contributed by atoms with Crippen LogP contribution in [-0.2, 0) is 0 Å². The highest BCUT2D eigenvalue weighted by Crippen LogP contribution is 2.27. The van der Waals surface area contributed by atoms with Crippen molar-refractivity contribution in [3.63, 3.8) is 0 Å². The molecule has 0 unspecified atom stereocenters. The van der Waals surface area contributed by atoms with Gasteiger partial charge in [0.2, 0.25) is 0 Å². The van der Waals surface area contributed by atoms with Crippen molar-refractivity contribution >= 4 is 5.82 Å². The monoisotopic (exact) mass is 231 g/mol. The van der Waals surface area contributed by atoms with Crippen LogP contribution in [0, 0.1) is 31.1 Å². The van der Waals surface area contributed by atoms with Gasteiger partial charge < -0.3 is 10.0 Å². The van der Waals surface area contributed by atoms with E-state index in [1.165, 1.54) is 0 Å². The molecule has 1 aromatic heterocycles. The maximum atomic E-state index is 9.78. The van der Waals surface area contributed by atoms with Gasteiger partial charge in [-0.15, -0.1) is 0 Å². The minimum Gasteiger partial charge on any atom is -0.391 e. The standard InChI is InChI=1S/C13H17N3O/c1-8-4-10(3)15-13(11(8)5-14)16-6-9(2)12(17)7-16/h4,9,12,17H,6-7H2,1-3H3/t9-,12-/m0/s1. The van der Waals surface area contributed by atoms with Gasteiger partial charge in [-0.05, 0) is 25.5 Å². The van der Waals surface area contributed by atoms with E-state index in [1.54, 1.807) is 0 Å². The molecule has 0 saturated carbocycles. The molecular weight excluding hydrogens is 214 g/mol. The second-order valence-corrected chi connectivity index (χ2v) is 4.84. The molecule has 2 atom stereocenters. The van der Waals surface area contributed by atoms with E-state index in [9.17, 15) is 10.4 Å². The van der Waals surface area contributed by atoms with Crippen LogP contribution in [0.3, 0.4) is 0 Å². The van der Waals surface area contributed by atoms with Gasteiger partial charge in [0.1, 0.15) is 11.9 Å². The van der Waals surface area contributed by atoms with Gasteiger partial charge in [-0.1, -0.05) is 6.92 Å². The van der Waals surface area contributed by atoms with Crippen molar-refractivity contribution in [1.82, 2.24) is 4.98 Å². The second-order valence-electron chi connectivity index (χ2n) is 4.84. The van der Waals surface area contributed by atoms with E-state index in [-0.39, 0.29) is 12.0 Å². The Morgan fingerprint density at radius 3 is 2.71 bits per heavy atom. The van der Waals surface area contributed by atoms with E-state index in [0.717, 1.165) is 17.8 Å². The van der Waals surface area contributed by atoms with Crippen molar-refractivity contribution in [2.24, 2.45) is 5.92 Å². The lowest BCUT2D eigenvalue weighted by atomic mass is 10.1. The molecule has 0 bridgehead atoms. The average Bonchev–Trinajstić information content (AvgIpc) is 2.58. The average molecular weight is 231 g/mol. The zero-order chi connectivity index (χ0) is 12.6. The van der Waals surface area contributed by atoms with Gasteiger partial charge in [0, 0.05) is 24.7 Å². The van der Waals surface area contributed by atoms with Crippen molar-refractivity contribution in [1.29, 1.82) is 5.26 Å². The van der Waals surface area contributed by atoms with Crippen molar-refractivity contribution in [3.8, 4) is 6.07 Å². The number of β-amino-alcohol motifs (C(OH)–C–C–N with tert-alkyl or cyclic N) is 1. The number of hydrogen-bond donors (Lipinski definition) is 1. The Hall–Kier alpha value is -1.60. The van der Waals surface area contributed by atoms with Crippen molar-refractivity contribution in [2.75, 3.05) is 18.0 Å². The van der Waals surface area contributed by atoms with Crippen molar-refractivity contribution in [3.05, 3.63) is 22.9 Å². The molecule has 1 saturated heterocycles. The van der Waals surface area contributed by atoms with Crippen LogP contribution >= 0.6 is 0 Å². The second kappa shape index (κ2) is 4.34. The van der Waals surface area contributed by atoms with Crippen LogP contribution in [0.5, 0.6) is 0 Å². The summed E-state index contributed by atoms with van der Waals surface area (Å²) in [6, 6.07) is 4.13. The maximum Gasteiger partial charge on any atom is 0.147 e. The quantitative estimate of drug-likeness (QED) is 0.793. The fourth-order valence-electron chi connectivity index (χ4n) is 2.31. The first-order chi connectivity index (χ1) is 8.02. The summed E-state index contributed by atoms with van der Waals surface area (Å²) >= 11 is 0. The Morgan fingerprint density at radius 1 is 1.47 bits per heavy atom. The summed E-state index contributed by atoms with van der Waals surface area (Å²) in [7, 11) is 0. The Bertz CT molecular complexity index is 468. The van der Waals surface area contributed by atoms with Crippen LogP contribution in [0.25, 0.3) is 0 Å². The molecule has 2 heterocycles. The van der Waals surface area contributed by atoms with Gasteiger partial charge in [-0.25, -0.2) is 4.98 Å². The fraction of sp³-hybridized carbons (Fsp3) is 0.538. The molecular formula is C13H17N3O. The Kier molecular flexibility index (Phi) is 3.03. The molecule has 1 aromatic rings. The highest BCUT2D eigenvalue weighted by molar-refractivity contribution is 5.58. The van der Waals surface area contributed by atoms with Gasteiger partial charge in [0.15, 0.2) is 0 Å². The molecule has 1 aliphatic heterocycles. The Balaban J connectivity index is 2.42. The molecule has 2 rings (SSSR count). The summed E-state index contributed by atoms with van der Waals surface area (Å²) in [5.41, 5.74) is 2.48. The zero-order valence-electron chi connectivity index (χ0n) is 10.4. The summed E-state index contributed by atoms with van der Waals surface area (Å²) in [5.74, 6) is 0.942. The fourth-order valence-corrected chi connectivity index (χ4v) is 2.31. The first-order valence-corrected chi connectivity index (χ1v) is 5.84. The molecule has 1 N–H and O–H groups in total. The number of aliphatic hydroxyl groups excluding tert-OH is 1. The number of nitrogens with zero attached hydrogens (tertiary/aromatic N) is 3. The van der Waals surface area contributed by atoms with Crippen LogP contribution in [0.2, 0.25) is 0 Å². The van der Waals surface area contributed by atoms with Gasteiger partial charge in [0.05, 0.1) is 11.7 Å². The van der Waals surface area contributed by atoms with Crippen LogP contribution in [0.4, 0.5) is 5.82 Å². The van der Waals surface area contributed by atoms with Crippen LogP contribution < -0.4 is 4.90 Å². The summed E-state index contributed by atoms with van der Waals surface area (Å²) < 4.78 is 0. The molecule has 4 heteroatoms. The van der Waals surface area contributed by atoms with Crippen molar-refractivity contribution in [2.45, 2.75) is 26.9 Å². The lowest BCUT2D eigenvalue weighted by molar-refractivity contribution is 0.157. The smallest absolute Gasteiger partial charge is 0.147 e. The highest BCUT2D eigenvalue weighted by atomic mass is 16.3. The molecule has 0 spiro atoms. The number of pyridine rings is 1. The zero-order valence-corrected chi connectivity index (χ0v) is 10.4. The third kappa shape index (κ3) is 2.11. The Labute approximate surface area is 102 Å². The van der Waals surface area contributed by atoms with E-state index in [0.29, 0.717) is 17.9 Å². The molecule has 1 aliphatic rings. The predicted molar refractivity (Wildman–Crippen MR) is 65.8 cm³/mol. The lowest BCUT2D eigenvalue weighted by Crippen LogP contribution is -2.23. The largest absolute Gasteiger partial charge is 0.391 e. The first kappa shape index (κ1) is 11.9. The van der Waals surface area contributed by atoms with Crippen LogP contribution in [0.1, 0.15) is 23.7 Å². The van der Waals surface area contributed by atoms with Gasteiger partial charge >= 0.3 is 0 Å². The number of hydrogen-bond acceptors (Lipinski definition) is 4. The molecule has 0 aromatic carbocycles. The molecule has 4 nitrogen and oxygen atoms in total. The third-order valence-corrected chi connectivity index (χ3v) is 3.31. The summed E-state index contributed by atoms with van der Waals surface area (Å²) in [4.78, 5) is 6.46. The Morgan fingerprint density at radius 2 is 2.18 bits per heavy atom. The summed E-state index contributed by atoms with van der Waals surface area (Å²) in [6.07, 6.45) is -0.329. The number of aryl methyl sites for hydroxylation is 2. The topological polar surface area (TPSA) is 60.2 Å². The van der Waals surface area contributed by atoms with Gasteiger partial charge in [-0.2, -0.15) is 5.26 Å². The molecule has 0 aliphatic carbocycles. The number of nitriles is 1. The molecule has 17 heavy (non-hydrogen) atoms. The lowest BCUT2D eigenvalue weighted by Gasteiger charge is -2.19. The normalized spacial score (nSPS) is 23.8. The van der Waals surface area contributed by atoms with Crippen molar-refractivity contribution < 1.29 is 5.11 Å². The van der Waals surface area contributed by atoms with Crippen LogP contribution in [0.15, 0.2) is 6.07 Å². The molecule has 1 fully saturated rings. The first-order valence-electron chi connectivity index (χ1n) is 5.84. The number of aromatic nitrogens is 1. The molecule has 0 amide bonds. The summed E-state index contributed by atoms with van der Waals surface area (Å²) in [5, 5.41) is 19.0. The minimum absolute atomic E-state index is 0.226. The SMILES string of the molecule is Cc1cc(C)c(C#N)c(N2C[C@H](C)[C@@H](O)C2)n1. The summed E-state index contributed by atoms with van der Waals surface area (Å²) in [6.45, 7) is 7.18. The van der Waals surface area contributed by atoms with E-state index >= 15 is 0 Å². The van der Waals surface area contributed by atoms with E-state index < -0.39 is 0 Å². The molecule has 90 valence electrons. The minimum atomic E-state index is -0.329. The maximum absolute atomic E-state index is 9.78. The van der Waals surface area contributed by atoms with Gasteiger partial charge in [0.25, 0.3) is 0 Å². The predicted octanol–water partition coefficient (Wildman–Crippen LogP) is 1.39. The molecule has 0 radical (unpaired) electrons. The number of aliphatic hydroxyl groups is 1. The number of anilines is 1. The highest BCUT2D eigenvalue weighted by Gasteiger charge is 2.30. The van der Waals surface area contributed by atoms with E-state index in [1.807, 2.05) is 31.7 Å². The van der Waals surface area contributed by atoms with Crippen LogP contribution in [-0.4, -0.2) is 29.3 Å².